The number of phenolic OH excluding ortho intramolecular Hbond substituents is 1. The predicted molar refractivity (Wildman–Crippen MR) is 85.6 cm³/mol. The summed E-state index contributed by atoms with van der Waals surface area (Å²) in [5.41, 5.74) is 5.96. The number of aromatic hydroxyl groups is 1. The Kier molecular flexibility index (Phi) is 6.32. The zero-order chi connectivity index (χ0) is 16.9. The van der Waals surface area contributed by atoms with Crippen molar-refractivity contribution >= 4 is 17.7 Å². The van der Waals surface area contributed by atoms with Gasteiger partial charge in [0.2, 0.25) is 0 Å². The van der Waals surface area contributed by atoms with Gasteiger partial charge in [-0.3, -0.25) is 0 Å². The van der Waals surface area contributed by atoms with Crippen molar-refractivity contribution in [3.8, 4) is 11.5 Å². The van der Waals surface area contributed by atoms with E-state index < -0.39 is 17.7 Å². The van der Waals surface area contributed by atoms with E-state index in [1.165, 1.54) is 13.2 Å². The third-order valence-electron chi connectivity index (χ3n) is 2.73. The molecule has 22 heavy (non-hydrogen) atoms. The molecule has 6 nitrogen and oxygen atoms in total. The van der Waals surface area contributed by atoms with Gasteiger partial charge in [-0.05, 0) is 33.3 Å². The number of amides is 1. The molecule has 0 saturated carbocycles. The Bertz CT molecular complexity index is 529. The number of nitrogens with one attached hydrogen (secondary N) is 1. The van der Waals surface area contributed by atoms with Crippen molar-refractivity contribution in [3.63, 3.8) is 0 Å². The van der Waals surface area contributed by atoms with Crippen LogP contribution in [0.15, 0.2) is 12.1 Å². The lowest BCUT2D eigenvalue weighted by Crippen LogP contribution is -2.41. The third-order valence-corrected chi connectivity index (χ3v) is 2.95. The monoisotopic (exact) mass is 330 g/mol. The summed E-state index contributed by atoms with van der Waals surface area (Å²) in [6.45, 7) is 5.55. The minimum absolute atomic E-state index is 0.000354. The largest absolute Gasteiger partial charge is 0.504 e. The van der Waals surface area contributed by atoms with E-state index in [9.17, 15) is 9.90 Å². The summed E-state index contributed by atoms with van der Waals surface area (Å²) < 4.78 is 10.2. The number of carbonyl (C=O) groups is 1. The minimum atomic E-state index is -0.563. The van der Waals surface area contributed by atoms with Crippen molar-refractivity contribution in [1.82, 2.24) is 5.32 Å². The number of ether oxygens (including phenoxy) is 2. The average Bonchev–Trinajstić information content (AvgIpc) is 2.38. The fraction of sp³-hybridized carbons (Fsp3) is 0.533. The molecule has 0 aromatic heterocycles. The first-order valence-electron chi connectivity index (χ1n) is 6.90. The molecule has 1 aromatic rings. The average molecular weight is 331 g/mol. The van der Waals surface area contributed by atoms with Gasteiger partial charge in [-0.25, -0.2) is 4.79 Å². The highest BCUT2D eigenvalue weighted by molar-refractivity contribution is 6.30. The minimum Gasteiger partial charge on any atom is -0.504 e. The van der Waals surface area contributed by atoms with E-state index in [2.05, 4.69) is 5.32 Å². The molecule has 7 heteroatoms. The first-order chi connectivity index (χ1) is 10.1. The molecule has 0 spiro atoms. The molecule has 0 radical (unpaired) electrons. The predicted octanol–water partition coefficient (Wildman–Crippen LogP) is 2.45. The highest BCUT2D eigenvalue weighted by Crippen LogP contribution is 2.33. The maximum absolute atomic E-state index is 11.6. The molecule has 1 atom stereocenters. The number of carbonyl (C=O) groups excluding carboxylic acids is 1. The van der Waals surface area contributed by atoms with Crippen molar-refractivity contribution in [3.05, 3.63) is 22.7 Å². The van der Waals surface area contributed by atoms with Crippen LogP contribution in [0, 0.1) is 0 Å². The van der Waals surface area contributed by atoms with E-state index >= 15 is 0 Å². The van der Waals surface area contributed by atoms with Gasteiger partial charge in [0.1, 0.15) is 5.60 Å². The molecule has 124 valence electrons. The Morgan fingerprint density at radius 2 is 2.09 bits per heavy atom. The molecule has 0 heterocycles. The SMILES string of the molecule is COc1cc(Cl)cc(CC(N)CNC(=O)OC(C)(C)C)c1O. The van der Waals surface area contributed by atoms with E-state index in [0.717, 1.165) is 0 Å². The van der Waals surface area contributed by atoms with Gasteiger partial charge in [0, 0.05) is 29.2 Å². The molecular formula is C15H23ClN2O4. The summed E-state index contributed by atoms with van der Waals surface area (Å²) in [5.74, 6) is 0.286. The fourth-order valence-electron chi connectivity index (χ4n) is 1.82. The van der Waals surface area contributed by atoms with Gasteiger partial charge >= 0.3 is 6.09 Å². The molecular weight excluding hydrogens is 308 g/mol. The number of alkyl carbamates (subject to hydrolysis) is 1. The number of nitrogens with two attached hydrogens (primary N) is 1. The lowest BCUT2D eigenvalue weighted by molar-refractivity contribution is 0.0524. The van der Waals surface area contributed by atoms with Crippen molar-refractivity contribution < 1.29 is 19.4 Å². The number of halogens is 1. The number of benzene rings is 1. The lowest BCUT2D eigenvalue weighted by atomic mass is 10.0. The highest BCUT2D eigenvalue weighted by atomic mass is 35.5. The van der Waals surface area contributed by atoms with Crippen LogP contribution in [0.4, 0.5) is 4.79 Å². The molecule has 1 rings (SSSR count). The molecule has 0 aliphatic heterocycles. The second kappa shape index (κ2) is 7.56. The first-order valence-corrected chi connectivity index (χ1v) is 7.28. The Balaban J connectivity index is 2.61. The quantitative estimate of drug-likeness (QED) is 0.771. The van der Waals surface area contributed by atoms with E-state index in [1.807, 2.05) is 0 Å². The maximum Gasteiger partial charge on any atom is 0.407 e. The standard InChI is InChI=1S/C15H23ClN2O4/c1-15(2,3)22-14(20)18-8-11(17)6-9-5-10(16)7-12(21-4)13(9)19/h5,7,11,19H,6,8,17H2,1-4H3,(H,18,20). The van der Waals surface area contributed by atoms with E-state index in [0.29, 0.717) is 17.0 Å². The molecule has 0 aliphatic rings. The Labute approximate surface area is 135 Å². The van der Waals surface area contributed by atoms with Crippen molar-refractivity contribution in [2.45, 2.75) is 38.8 Å². The second-order valence-corrected chi connectivity index (χ2v) is 6.40. The fourth-order valence-corrected chi connectivity index (χ4v) is 2.05. The van der Waals surface area contributed by atoms with Gasteiger partial charge in [-0.1, -0.05) is 11.6 Å². The van der Waals surface area contributed by atoms with Crippen LogP contribution in [0.5, 0.6) is 11.5 Å². The van der Waals surface area contributed by atoms with Crippen LogP contribution in [-0.4, -0.2) is 36.5 Å². The molecule has 1 unspecified atom stereocenters. The van der Waals surface area contributed by atoms with Crippen molar-refractivity contribution in [1.29, 1.82) is 0 Å². The van der Waals surface area contributed by atoms with Crippen molar-refractivity contribution in [2.24, 2.45) is 5.73 Å². The van der Waals surface area contributed by atoms with Gasteiger partial charge in [-0.2, -0.15) is 0 Å². The van der Waals surface area contributed by atoms with Gasteiger partial charge in [-0.15, -0.1) is 0 Å². The molecule has 0 fully saturated rings. The van der Waals surface area contributed by atoms with Gasteiger partial charge in [0.25, 0.3) is 0 Å². The normalized spacial score (nSPS) is 12.6. The van der Waals surface area contributed by atoms with Crippen LogP contribution >= 0.6 is 11.6 Å². The van der Waals surface area contributed by atoms with Crippen LogP contribution in [0.2, 0.25) is 5.02 Å². The summed E-state index contributed by atoms with van der Waals surface area (Å²) in [6, 6.07) is 2.74. The maximum atomic E-state index is 11.6. The summed E-state index contributed by atoms with van der Waals surface area (Å²) in [6.07, 6.45) is -0.200. The van der Waals surface area contributed by atoms with E-state index in [-0.39, 0.29) is 18.0 Å². The summed E-state index contributed by atoms with van der Waals surface area (Å²) >= 11 is 5.96. The van der Waals surface area contributed by atoms with Crippen LogP contribution in [-0.2, 0) is 11.2 Å². The second-order valence-electron chi connectivity index (χ2n) is 5.96. The van der Waals surface area contributed by atoms with E-state index in [4.69, 9.17) is 26.8 Å². The first kappa shape index (κ1) is 18.4. The van der Waals surface area contributed by atoms with Crippen LogP contribution in [0.1, 0.15) is 26.3 Å². The van der Waals surface area contributed by atoms with Crippen LogP contribution < -0.4 is 15.8 Å². The molecule has 0 saturated heterocycles. The summed E-state index contributed by atoms with van der Waals surface area (Å²) in [5, 5.41) is 13.1. The molecule has 4 N–H and O–H groups in total. The summed E-state index contributed by atoms with van der Waals surface area (Å²) in [7, 11) is 1.44. The number of methoxy groups -OCH3 is 1. The Morgan fingerprint density at radius 3 is 2.64 bits per heavy atom. The van der Waals surface area contributed by atoms with Crippen LogP contribution in [0.25, 0.3) is 0 Å². The number of rotatable bonds is 5. The topological polar surface area (TPSA) is 93.8 Å². The number of hydrogen-bond donors (Lipinski definition) is 3. The van der Waals surface area contributed by atoms with Crippen LogP contribution in [0.3, 0.4) is 0 Å². The van der Waals surface area contributed by atoms with Gasteiger partial charge in [0.15, 0.2) is 11.5 Å². The highest BCUT2D eigenvalue weighted by Gasteiger charge is 2.18. The smallest absolute Gasteiger partial charge is 0.407 e. The van der Waals surface area contributed by atoms with E-state index in [1.54, 1.807) is 26.8 Å². The van der Waals surface area contributed by atoms with Gasteiger partial charge in [0.05, 0.1) is 7.11 Å². The Morgan fingerprint density at radius 1 is 1.45 bits per heavy atom. The zero-order valence-electron chi connectivity index (χ0n) is 13.3. The Hall–Kier alpha value is -1.66. The number of phenols is 1. The molecule has 1 aromatic carbocycles. The lowest BCUT2D eigenvalue weighted by Gasteiger charge is -2.21. The zero-order valence-corrected chi connectivity index (χ0v) is 14.0. The molecule has 0 aliphatic carbocycles. The third kappa shape index (κ3) is 5.99. The molecule has 0 bridgehead atoms. The number of hydrogen-bond acceptors (Lipinski definition) is 5. The molecule has 1 amide bonds. The summed E-state index contributed by atoms with van der Waals surface area (Å²) in [4.78, 5) is 11.6. The van der Waals surface area contributed by atoms with Crippen molar-refractivity contribution in [2.75, 3.05) is 13.7 Å². The van der Waals surface area contributed by atoms with Gasteiger partial charge < -0.3 is 25.6 Å².